The molecule has 0 aliphatic heterocycles. The molecule has 0 radical (unpaired) electrons. The second-order valence-corrected chi connectivity index (χ2v) is 3.22. The summed E-state index contributed by atoms with van der Waals surface area (Å²) in [5, 5.41) is 0. The van der Waals surface area contributed by atoms with E-state index in [1.165, 1.54) is 11.8 Å². The van der Waals surface area contributed by atoms with E-state index in [9.17, 15) is 0 Å². The van der Waals surface area contributed by atoms with Gasteiger partial charge in [-0.3, -0.25) is 0 Å². The summed E-state index contributed by atoms with van der Waals surface area (Å²) in [6.07, 6.45) is 2.57. The summed E-state index contributed by atoms with van der Waals surface area (Å²) in [5.74, 6) is 0. The molecule has 0 heterocycles. The van der Waals surface area contributed by atoms with Crippen molar-refractivity contribution in [3.8, 4) is 0 Å². The Labute approximate surface area is 91.5 Å². The monoisotopic (exact) mass is 206 g/mol. The Bertz CT molecular complexity index is 269. The van der Waals surface area contributed by atoms with Crippen LogP contribution in [0.4, 0.5) is 0 Å². The van der Waals surface area contributed by atoms with Gasteiger partial charge in [-0.1, -0.05) is 43.8 Å². The third-order valence-electron chi connectivity index (χ3n) is 2.18. The zero-order valence-electron chi connectivity index (χ0n) is 9.19. The van der Waals surface area contributed by atoms with Gasteiger partial charge in [-0.25, -0.2) is 0 Å². The van der Waals surface area contributed by atoms with E-state index in [4.69, 9.17) is 9.47 Å². The molecule has 1 aromatic rings. The highest BCUT2D eigenvalue weighted by atomic mass is 16.5. The lowest BCUT2D eigenvalue weighted by molar-refractivity contribution is 0.0223. The Morgan fingerprint density at radius 3 is 2.60 bits per heavy atom. The van der Waals surface area contributed by atoms with Gasteiger partial charge < -0.3 is 9.47 Å². The highest BCUT2D eigenvalue weighted by Gasteiger charge is 2.08. The maximum absolute atomic E-state index is 5.71. The molecule has 0 aliphatic carbocycles. The van der Waals surface area contributed by atoms with Gasteiger partial charge in [0.15, 0.2) is 0 Å². The molecule has 0 N–H and O–H groups in total. The van der Waals surface area contributed by atoms with Crippen LogP contribution in [0.15, 0.2) is 43.2 Å². The molecule has 0 fully saturated rings. The van der Waals surface area contributed by atoms with E-state index in [1.807, 2.05) is 18.2 Å². The van der Waals surface area contributed by atoms with Crippen molar-refractivity contribution < 1.29 is 9.47 Å². The van der Waals surface area contributed by atoms with Crippen LogP contribution in [-0.2, 0) is 9.47 Å². The fourth-order valence-electron chi connectivity index (χ4n) is 1.44. The first-order valence-electron chi connectivity index (χ1n) is 5.27. The summed E-state index contributed by atoms with van der Waals surface area (Å²) >= 11 is 0. The minimum atomic E-state index is 0.166. The third-order valence-corrected chi connectivity index (χ3v) is 2.18. The second-order valence-electron chi connectivity index (χ2n) is 3.22. The average molecular weight is 206 g/mol. The highest BCUT2D eigenvalue weighted by molar-refractivity contribution is 5.17. The maximum atomic E-state index is 5.71. The molecule has 0 saturated heterocycles. The molecule has 82 valence electrons. The number of hydrogen-bond acceptors (Lipinski definition) is 2. The fraction of sp³-hybridized carbons (Fsp3) is 0.385. The van der Waals surface area contributed by atoms with Crippen molar-refractivity contribution >= 4 is 0 Å². The van der Waals surface area contributed by atoms with Crippen LogP contribution >= 0.6 is 0 Å². The second kappa shape index (κ2) is 7.07. The Hall–Kier alpha value is -1.28. The highest BCUT2D eigenvalue weighted by Crippen LogP contribution is 2.19. The molecule has 0 saturated carbocycles. The van der Waals surface area contributed by atoms with Crippen molar-refractivity contribution in [3.05, 3.63) is 48.7 Å². The zero-order valence-corrected chi connectivity index (χ0v) is 9.19. The van der Waals surface area contributed by atoms with Crippen molar-refractivity contribution in [2.24, 2.45) is 0 Å². The third kappa shape index (κ3) is 4.17. The summed E-state index contributed by atoms with van der Waals surface area (Å²) in [6.45, 7) is 6.75. The van der Waals surface area contributed by atoms with E-state index in [0.29, 0.717) is 13.2 Å². The first-order valence-corrected chi connectivity index (χ1v) is 5.27. The zero-order chi connectivity index (χ0) is 10.9. The Kier molecular flexibility index (Phi) is 5.56. The quantitative estimate of drug-likeness (QED) is 0.503. The van der Waals surface area contributed by atoms with Gasteiger partial charge in [-0.05, 0) is 12.0 Å². The molecule has 1 rings (SSSR count). The smallest absolute Gasteiger partial charge is 0.111 e. The van der Waals surface area contributed by atoms with Gasteiger partial charge in [0.25, 0.3) is 0 Å². The van der Waals surface area contributed by atoms with E-state index >= 15 is 0 Å². The molecule has 1 aromatic carbocycles. The average Bonchev–Trinajstić information content (AvgIpc) is 2.30. The predicted molar refractivity (Wildman–Crippen MR) is 61.6 cm³/mol. The van der Waals surface area contributed by atoms with Crippen molar-refractivity contribution in [1.82, 2.24) is 0 Å². The largest absolute Gasteiger partial charge is 0.499 e. The molecular weight excluding hydrogens is 188 g/mol. The van der Waals surface area contributed by atoms with Gasteiger partial charge in [0, 0.05) is 0 Å². The summed E-state index contributed by atoms with van der Waals surface area (Å²) < 4.78 is 10.7. The summed E-state index contributed by atoms with van der Waals surface area (Å²) in [4.78, 5) is 0. The molecule has 15 heavy (non-hydrogen) atoms. The van der Waals surface area contributed by atoms with Crippen LogP contribution in [0.2, 0.25) is 0 Å². The van der Waals surface area contributed by atoms with Gasteiger partial charge >= 0.3 is 0 Å². The van der Waals surface area contributed by atoms with Crippen LogP contribution in [-0.4, -0.2) is 13.2 Å². The molecule has 0 bridgehead atoms. The summed E-state index contributed by atoms with van der Waals surface area (Å²) in [6, 6.07) is 10.2. The van der Waals surface area contributed by atoms with Crippen molar-refractivity contribution in [2.45, 2.75) is 19.4 Å². The first kappa shape index (κ1) is 11.8. The van der Waals surface area contributed by atoms with Gasteiger partial charge in [-0.2, -0.15) is 0 Å². The van der Waals surface area contributed by atoms with E-state index in [0.717, 1.165) is 6.42 Å². The molecule has 1 unspecified atom stereocenters. The van der Waals surface area contributed by atoms with Crippen molar-refractivity contribution in [1.29, 1.82) is 0 Å². The first-order chi connectivity index (χ1) is 7.38. The van der Waals surface area contributed by atoms with E-state index < -0.39 is 0 Å². The SMILES string of the molecule is C=COCCOC(CC)c1ccccc1. The van der Waals surface area contributed by atoms with Gasteiger partial charge in [0.1, 0.15) is 6.61 Å². The molecule has 1 atom stereocenters. The van der Waals surface area contributed by atoms with Gasteiger partial charge in [-0.15, -0.1) is 0 Å². The number of rotatable bonds is 7. The lowest BCUT2D eigenvalue weighted by atomic mass is 10.1. The van der Waals surface area contributed by atoms with Crippen LogP contribution in [0.3, 0.4) is 0 Å². The molecule has 0 aliphatic rings. The minimum Gasteiger partial charge on any atom is -0.499 e. The number of ether oxygens (including phenoxy) is 2. The lowest BCUT2D eigenvalue weighted by Gasteiger charge is -2.16. The molecular formula is C13H18O2. The van der Waals surface area contributed by atoms with Crippen LogP contribution in [0.1, 0.15) is 25.0 Å². The van der Waals surface area contributed by atoms with Crippen molar-refractivity contribution in [3.63, 3.8) is 0 Å². The van der Waals surface area contributed by atoms with E-state index in [1.54, 1.807) is 0 Å². The van der Waals surface area contributed by atoms with Crippen LogP contribution in [0.5, 0.6) is 0 Å². The standard InChI is InChI=1S/C13H18O2/c1-3-13(15-11-10-14-4-2)12-8-6-5-7-9-12/h4-9,13H,2-3,10-11H2,1H3. The normalized spacial score (nSPS) is 12.1. The number of benzene rings is 1. The topological polar surface area (TPSA) is 18.5 Å². The summed E-state index contributed by atoms with van der Waals surface area (Å²) in [5.41, 5.74) is 1.22. The maximum Gasteiger partial charge on any atom is 0.111 e. The fourth-order valence-corrected chi connectivity index (χ4v) is 1.44. The Morgan fingerprint density at radius 1 is 1.27 bits per heavy atom. The van der Waals surface area contributed by atoms with Crippen LogP contribution in [0.25, 0.3) is 0 Å². The van der Waals surface area contributed by atoms with Gasteiger partial charge in [0.05, 0.1) is 19.0 Å². The minimum absolute atomic E-state index is 0.166. The number of hydrogen-bond donors (Lipinski definition) is 0. The molecule has 2 nitrogen and oxygen atoms in total. The predicted octanol–water partition coefficient (Wildman–Crippen LogP) is 3.31. The van der Waals surface area contributed by atoms with E-state index in [2.05, 4.69) is 25.6 Å². The lowest BCUT2D eigenvalue weighted by Crippen LogP contribution is -2.07. The summed E-state index contributed by atoms with van der Waals surface area (Å²) in [7, 11) is 0. The Balaban J connectivity index is 2.39. The molecule has 2 heteroatoms. The molecule has 0 amide bonds. The van der Waals surface area contributed by atoms with Crippen LogP contribution < -0.4 is 0 Å². The Morgan fingerprint density at radius 2 is 2.00 bits per heavy atom. The van der Waals surface area contributed by atoms with Crippen LogP contribution in [0, 0.1) is 0 Å². The molecule has 0 aromatic heterocycles. The molecule has 0 spiro atoms. The van der Waals surface area contributed by atoms with Gasteiger partial charge in [0.2, 0.25) is 0 Å². The van der Waals surface area contributed by atoms with E-state index in [-0.39, 0.29) is 6.10 Å². The van der Waals surface area contributed by atoms with Crippen molar-refractivity contribution in [2.75, 3.05) is 13.2 Å².